The first-order chi connectivity index (χ1) is 4.93. The predicted molar refractivity (Wildman–Crippen MR) is 47.0 cm³/mol. The molecule has 0 bridgehead atoms. The smallest absolute Gasteiger partial charge is 0.0503 e. The van der Waals surface area contributed by atoms with Crippen molar-refractivity contribution in [1.82, 2.24) is 0 Å². The first kappa shape index (κ1) is 8.69. The maximum absolute atomic E-state index is 5.53. The Balaban J connectivity index is 1.91. The highest BCUT2D eigenvalue weighted by Gasteiger charge is 2.14. The Hall–Kier alpha value is 0.600. The summed E-state index contributed by atoms with van der Waals surface area (Å²) in [6, 6.07) is 0. The van der Waals surface area contributed by atoms with Crippen molar-refractivity contribution in [2.45, 2.75) is 6.42 Å². The van der Waals surface area contributed by atoms with E-state index in [4.69, 9.17) is 16.3 Å². The van der Waals surface area contributed by atoms with Gasteiger partial charge in [0.05, 0.1) is 6.61 Å². The van der Waals surface area contributed by atoms with Gasteiger partial charge in [0.1, 0.15) is 0 Å². The lowest BCUT2D eigenvalue weighted by Gasteiger charge is -2.04. The van der Waals surface area contributed by atoms with Crippen LogP contribution in [0.15, 0.2) is 0 Å². The summed E-state index contributed by atoms with van der Waals surface area (Å²) in [6.45, 7) is 1.93. The Kier molecular flexibility index (Phi) is 4.59. The Morgan fingerprint density at radius 3 is 3.10 bits per heavy atom. The van der Waals surface area contributed by atoms with Gasteiger partial charge >= 0.3 is 0 Å². The van der Waals surface area contributed by atoms with E-state index >= 15 is 0 Å². The van der Waals surface area contributed by atoms with E-state index in [1.807, 2.05) is 11.8 Å². The van der Waals surface area contributed by atoms with Crippen LogP contribution in [0.5, 0.6) is 0 Å². The molecule has 0 saturated carbocycles. The van der Waals surface area contributed by atoms with E-state index in [1.165, 1.54) is 12.2 Å². The topological polar surface area (TPSA) is 9.23 Å². The summed E-state index contributed by atoms with van der Waals surface area (Å²) in [6.07, 6.45) is 1.25. The number of ether oxygens (including phenoxy) is 1. The van der Waals surface area contributed by atoms with Gasteiger partial charge in [-0.3, -0.25) is 0 Å². The Labute approximate surface area is 71.5 Å². The zero-order valence-corrected chi connectivity index (χ0v) is 7.59. The van der Waals surface area contributed by atoms with E-state index < -0.39 is 0 Å². The second-order valence-electron chi connectivity index (χ2n) is 2.49. The molecule has 1 rings (SSSR count). The third kappa shape index (κ3) is 3.13. The van der Waals surface area contributed by atoms with Gasteiger partial charge in [-0.05, 0) is 18.1 Å². The Morgan fingerprint density at radius 2 is 2.50 bits per heavy atom. The molecule has 10 heavy (non-hydrogen) atoms. The van der Waals surface area contributed by atoms with E-state index in [-0.39, 0.29) is 0 Å². The highest BCUT2D eigenvalue weighted by atomic mass is 35.5. The van der Waals surface area contributed by atoms with Crippen LogP contribution in [0.2, 0.25) is 0 Å². The van der Waals surface area contributed by atoms with Crippen LogP contribution in [0, 0.1) is 5.92 Å². The van der Waals surface area contributed by atoms with Crippen molar-refractivity contribution in [1.29, 1.82) is 0 Å². The van der Waals surface area contributed by atoms with Gasteiger partial charge < -0.3 is 4.74 Å². The molecule has 3 heteroatoms. The second-order valence-corrected chi connectivity index (χ2v) is 4.02. The molecule has 0 aromatic rings. The molecule has 1 aliphatic heterocycles. The number of halogens is 1. The minimum absolute atomic E-state index is 0.776. The summed E-state index contributed by atoms with van der Waals surface area (Å²) >= 11 is 7.47. The van der Waals surface area contributed by atoms with E-state index in [1.54, 1.807) is 0 Å². The average molecular weight is 181 g/mol. The SMILES string of the molecule is ClCCSCC1CCOC1. The summed E-state index contributed by atoms with van der Waals surface area (Å²) in [7, 11) is 0. The first-order valence-electron chi connectivity index (χ1n) is 3.65. The van der Waals surface area contributed by atoms with Gasteiger partial charge in [0.2, 0.25) is 0 Å². The highest BCUT2D eigenvalue weighted by molar-refractivity contribution is 7.99. The molecule has 0 aliphatic carbocycles. The molecule has 0 aromatic carbocycles. The van der Waals surface area contributed by atoms with Crippen molar-refractivity contribution in [3.8, 4) is 0 Å². The summed E-state index contributed by atoms with van der Waals surface area (Å²) in [5, 5.41) is 0. The van der Waals surface area contributed by atoms with Crippen LogP contribution < -0.4 is 0 Å². The van der Waals surface area contributed by atoms with Crippen molar-refractivity contribution < 1.29 is 4.74 Å². The molecule has 1 atom stereocenters. The average Bonchev–Trinajstić information content (AvgIpc) is 2.41. The van der Waals surface area contributed by atoms with Crippen molar-refractivity contribution in [2.75, 3.05) is 30.6 Å². The van der Waals surface area contributed by atoms with Gasteiger partial charge in [0.15, 0.2) is 0 Å². The Morgan fingerprint density at radius 1 is 1.60 bits per heavy atom. The van der Waals surface area contributed by atoms with E-state index in [0.29, 0.717) is 0 Å². The maximum atomic E-state index is 5.53. The summed E-state index contributed by atoms with van der Waals surface area (Å²) in [5.41, 5.74) is 0. The fourth-order valence-electron chi connectivity index (χ4n) is 1.02. The first-order valence-corrected chi connectivity index (χ1v) is 5.34. The van der Waals surface area contributed by atoms with Gasteiger partial charge in [-0.25, -0.2) is 0 Å². The van der Waals surface area contributed by atoms with Gasteiger partial charge in [-0.15, -0.1) is 11.6 Å². The molecule has 0 radical (unpaired) electrons. The third-order valence-corrected chi connectivity index (χ3v) is 3.21. The molecule has 60 valence electrons. The van der Waals surface area contributed by atoms with E-state index in [9.17, 15) is 0 Å². The molecule has 1 fully saturated rings. The molecule has 1 aliphatic rings. The molecule has 1 unspecified atom stereocenters. The van der Waals surface area contributed by atoms with Gasteiger partial charge in [-0.2, -0.15) is 11.8 Å². The van der Waals surface area contributed by atoms with Crippen LogP contribution in [-0.4, -0.2) is 30.6 Å². The zero-order valence-electron chi connectivity index (χ0n) is 6.01. The number of hydrogen-bond donors (Lipinski definition) is 0. The molecule has 1 saturated heterocycles. The van der Waals surface area contributed by atoms with Crippen LogP contribution in [0.3, 0.4) is 0 Å². The number of rotatable bonds is 4. The lowest BCUT2D eigenvalue weighted by atomic mass is 10.2. The zero-order chi connectivity index (χ0) is 7.23. The van der Waals surface area contributed by atoms with Gasteiger partial charge in [0.25, 0.3) is 0 Å². The highest BCUT2D eigenvalue weighted by Crippen LogP contribution is 2.17. The van der Waals surface area contributed by atoms with Crippen molar-refractivity contribution in [3.63, 3.8) is 0 Å². The molecule has 0 spiro atoms. The molecule has 0 aromatic heterocycles. The number of thioether (sulfide) groups is 1. The normalized spacial score (nSPS) is 25.5. The van der Waals surface area contributed by atoms with Crippen LogP contribution in [0.4, 0.5) is 0 Å². The maximum Gasteiger partial charge on any atom is 0.0503 e. The minimum Gasteiger partial charge on any atom is -0.381 e. The summed E-state index contributed by atoms with van der Waals surface area (Å²) in [4.78, 5) is 0. The lowest BCUT2D eigenvalue weighted by molar-refractivity contribution is 0.189. The van der Waals surface area contributed by atoms with Gasteiger partial charge in [-0.1, -0.05) is 0 Å². The molecule has 0 N–H and O–H groups in total. The Bertz CT molecular complexity index is 83.7. The molecule has 0 amide bonds. The molecular formula is C7H13ClOS. The van der Waals surface area contributed by atoms with Crippen molar-refractivity contribution in [2.24, 2.45) is 5.92 Å². The monoisotopic (exact) mass is 180 g/mol. The third-order valence-electron chi connectivity index (χ3n) is 1.60. The minimum atomic E-state index is 0.776. The van der Waals surface area contributed by atoms with Crippen molar-refractivity contribution in [3.05, 3.63) is 0 Å². The fourth-order valence-corrected chi connectivity index (χ4v) is 2.22. The number of hydrogen-bond acceptors (Lipinski definition) is 2. The second kappa shape index (κ2) is 5.28. The number of alkyl halides is 1. The predicted octanol–water partition coefficient (Wildman–Crippen LogP) is 1.99. The van der Waals surface area contributed by atoms with Gasteiger partial charge in [0, 0.05) is 18.2 Å². The molecule has 1 heterocycles. The van der Waals surface area contributed by atoms with E-state index in [2.05, 4.69) is 0 Å². The molecule has 1 nitrogen and oxygen atoms in total. The van der Waals surface area contributed by atoms with Crippen LogP contribution >= 0.6 is 23.4 Å². The van der Waals surface area contributed by atoms with Crippen LogP contribution in [0.1, 0.15) is 6.42 Å². The fraction of sp³-hybridized carbons (Fsp3) is 1.00. The van der Waals surface area contributed by atoms with E-state index in [0.717, 1.165) is 30.8 Å². The quantitative estimate of drug-likeness (QED) is 0.484. The summed E-state index contributed by atoms with van der Waals surface area (Å²) < 4.78 is 5.24. The van der Waals surface area contributed by atoms with Crippen molar-refractivity contribution >= 4 is 23.4 Å². The standard InChI is InChI=1S/C7H13ClOS/c8-2-4-10-6-7-1-3-9-5-7/h7H,1-6H2. The van der Waals surface area contributed by atoms with Crippen LogP contribution in [0.25, 0.3) is 0 Å². The van der Waals surface area contributed by atoms with Crippen LogP contribution in [-0.2, 0) is 4.74 Å². The molecular weight excluding hydrogens is 168 g/mol. The lowest BCUT2D eigenvalue weighted by Crippen LogP contribution is -2.02. The largest absolute Gasteiger partial charge is 0.381 e. The summed E-state index contributed by atoms with van der Waals surface area (Å²) in [5.74, 6) is 3.89.